The smallest absolute Gasteiger partial charge is 0.267 e. The zero-order valence-corrected chi connectivity index (χ0v) is 18.2. The standard InChI is InChI=1S/C23H21ClN6O2/c1-23(2,32-19-9-3-16(24)4-10-19)22(31)29-18-7-5-17(6-8-18)28-20-13-21(27-14-26-20)30-12-11-25-15-30/h3-15H,1-2H3,(H,29,31)(H,26,27,28). The number of hydrogen-bond acceptors (Lipinski definition) is 6. The van der Waals surface area contributed by atoms with E-state index < -0.39 is 5.60 Å². The van der Waals surface area contributed by atoms with E-state index in [0.29, 0.717) is 28.1 Å². The zero-order chi connectivity index (χ0) is 22.6. The minimum atomic E-state index is -1.07. The van der Waals surface area contributed by atoms with E-state index in [9.17, 15) is 4.79 Å². The number of carbonyl (C=O) groups excluding carboxylic acids is 1. The Hall–Kier alpha value is -3.91. The molecule has 4 aromatic rings. The Labute approximate surface area is 190 Å². The van der Waals surface area contributed by atoms with Gasteiger partial charge in [0, 0.05) is 34.9 Å². The van der Waals surface area contributed by atoms with E-state index in [-0.39, 0.29) is 5.91 Å². The number of rotatable bonds is 7. The second kappa shape index (κ2) is 9.07. The Morgan fingerprint density at radius 1 is 1.03 bits per heavy atom. The van der Waals surface area contributed by atoms with Crippen LogP contribution in [0.4, 0.5) is 17.2 Å². The Balaban J connectivity index is 1.39. The van der Waals surface area contributed by atoms with Gasteiger partial charge in [0.15, 0.2) is 5.60 Å². The highest BCUT2D eigenvalue weighted by Gasteiger charge is 2.30. The molecule has 0 aliphatic carbocycles. The molecule has 8 nitrogen and oxygen atoms in total. The lowest BCUT2D eigenvalue weighted by molar-refractivity contribution is -0.128. The van der Waals surface area contributed by atoms with Gasteiger partial charge in [-0.15, -0.1) is 0 Å². The first kappa shape index (κ1) is 21.3. The maximum atomic E-state index is 12.7. The first-order valence-corrected chi connectivity index (χ1v) is 10.2. The Kier molecular flexibility index (Phi) is 6.04. The van der Waals surface area contributed by atoms with Crippen LogP contribution in [0.2, 0.25) is 5.02 Å². The average molecular weight is 449 g/mol. The lowest BCUT2D eigenvalue weighted by Crippen LogP contribution is -2.42. The fraction of sp³-hybridized carbons (Fsp3) is 0.130. The van der Waals surface area contributed by atoms with Gasteiger partial charge in [0.1, 0.15) is 30.0 Å². The molecule has 4 rings (SSSR count). The highest BCUT2D eigenvalue weighted by molar-refractivity contribution is 6.30. The average Bonchev–Trinajstić information content (AvgIpc) is 3.32. The van der Waals surface area contributed by atoms with Crippen molar-refractivity contribution in [3.8, 4) is 11.6 Å². The molecular weight excluding hydrogens is 428 g/mol. The predicted octanol–water partition coefficient (Wildman–Crippen LogP) is 4.86. The Bertz CT molecular complexity index is 1190. The third kappa shape index (κ3) is 5.22. The minimum absolute atomic E-state index is 0.270. The second-order valence-corrected chi connectivity index (χ2v) is 7.89. The summed E-state index contributed by atoms with van der Waals surface area (Å²) in [5.74, 6) is 1.63. The number of amides is 1. The maximum absolute atomic E-state index is 12.7. The Morgan fingerprint density at radius 3 is 2.44 bits per heavy atom. The molecule has 2 heterocycles. The Morgan fingerprint density at radius 2 is 1.75 bits per heavy atom. The predicted molar refractivity (Wildman–Crippen MR) is 124 cm³/mol. The monoisotopic (exact) mass is 448 g/mol. The largest absolute Gasteiger partial charge is 0.478 e. The molecule has 0 atom stereocenters. The van der Waals surface area contributed by atoms with E-state index in [1.54, 1.807) is 67.3 Å². The number of nitrogens with zero attached hydrogens (tertiary/aromatic N) is 4. The quantitative estimate of drug-likeness (QED) is 0.419. The van der Waals surface area contributed by atoms with E-state index in [1.165, 1.54) is 6.33 Å². The molecule has 0 radical (unpaired) electrons. The molecule has 2 N–H and O–H groups in total. The lowest BCUT2D eigenvalue weighted by Gasteiger charge is -2.25. The van der Waals surface area contributed by atoms with Crippen molar-refractivity contribution < 1.29 is 9.53 Å². The highest BCUT2D eigenvalue weighted by atomic mass is 35.5. The summed E-state index contributed by atoms with van der Waals surface area (Å²) in [6, 6.07) is 16.0. The van der Waals surface area contributed by atoms with E-state index in [4.69, 9.17) is 16.3 Å². The molecule has 2 aromatic heterocycles. The first-order chi connectivity index (χ1) is 15.4. The molecule has 0 aliphatic heterocycles. The molecule has 0 aliphatic rings. The van der Waals surface area contributed by atoms with Crippen molar-refractivity contribution in [2.75, 3.05) is 10.6 Å². The van der Waals surface area contributed by atoms with Crippen LogP contribution in [-0.2, 0) is 4.79 Å². The van der Waals surface area contributed by atoms with Crippen molar-refractivity contribution in [1.29, 1.82) is 0 Å². The summed E-state index contributed by atoms with van der Waals surface area (Å²) in [7, 11) is 0. The molecule has 2 aromatic carbocycles. The number of carbonyl (C=O) groups is 1. The summed E-state index contributed by atoms with van der Waals surface area (Å²) in [4.78, 5) is 25.2. The summed E-state index contributed by atoms with van der Waals surface area (Å²) in [6.45, 7) is 3.42. The van der Waals surface area contributed by atoms with Gasteiger partial charge in [-0.05, 0) is 62.4 Å². The van der Waals surface area contributed by atoms with Crippen LogP contribution in [-0.4, -0.2) is 31.0 Å². The lowest BCUT2D eigenvalue weighted by atomic mass is 10.1. The van der Waals surface area contributed by atoms with Crippen LogP contribution in [0.5, 0.6) is 5.75 Å². The topological polar surface area (TPSA) is 94.0 Å². The van der Waals surface area contributed by atoms with Gasteiger partial charge in [0.2, 0.25) is 0 Å². The van der Waals surface area contributed by atoms with Gasteiger partial charge in [-0.25, -0.2) is 15.0 Å². The van der Waals surface area contributed by atoms with Crippen LogP contribution in [0.3, 0.4) is 0 Å². The third-order valence-electron chi connectivity index (χ3n) is 4.57. The van der Waals surface area contributed by atoms with Crippen LogP contribution >= 0.6 is 11.6 Å². The molecule has 0 fully saturated rings. The number of ether oxygens (including phenoxy) is 1. The van der Waals surface area contributed by atoms with E-state index in [2.05, 4.69) is 25.6 Å². The number of nitrogens with one attached hydrogen (secondary N) is 2. The number of benzene rings is 2. The van der Waals surface area contributed by atoms with Crippen molar-refractivity contribution >= 4 is 34.7 Å². The minimum Gasteiger partial charge on any atom is -0.478 e. The molecule has 32 heavy (non-hydrogen) atoms. The van der Waals surface area contributed by atoms with Gasteiger partial charge in [-0.2, -0.15) is 0 Å². The van der Waals surface area contributed by atoms with Crippen molar-refractivity contribution in [1.82, 2.24) is 19.5 Å². The number of aromatic nitrogens is 4. The molecular formula is C23H21ClN6O2. The van der Waals surface area contributed by atoms with Crippen molar-refractivity contribution in [3.63, 3.8) is 0 Å². The van der Waals surface area contributed by atoms with Crippen molar-refractivity contribution in [2.24, 2.45) is 0 Å². The molecule has 0 saturated heterocycles. The number of halogens is 1. The van der Waals surface area contributed by atoms with Crippen molar-refractivity contribution in [3.05, 3.63) is 84.7 Å². The summed E-state index contributed by atoms with van der Waals surface area (Å²) in [5, 5.41) is 6.70. The van der Waals surface area contributed by atoms with Crippen LogP contribution in [0, 0.1) is 0 Å². The molecule has 9 heteroatoms. The van der Waals surface area contributed by atoms with Gasteiger partial charge >= 0.3 is 0 Å². The number of hydrogen-bond donors (Lipinski definition) is 2. The normalized spacial score (nSPS) is 11.1. The summed E-state index contributed by atoms with van der Waals surface area (Å²) in [5.41, 5.74) is 0.389. The molecule has 0 bridgehead atoms. The van der Waals surface area contributed by atoms with Crippen LogP contribution in [0.25, 0.3) is 5.82 Å². The van der Waals surface area contributed by atoms with E-state index in [1.807, 2.05) is 24.4 Å². The summed E-state index contributed by atoms with van der Waals surface area (Å²) in [6.07, 6.45) is 6.64. The highest BCUT2D eigenvalue weighted by Crippen LogP contribution is 2.23. The van der Waals surface area contributed by atoms with Crippen LogP contribution in [0.15, 0.2) is 79.6 Å². The number of imidazole rings is 1. The first-order valence-electron chi connectivity index (χ1n) is 9.82. The van der Waals surface area contributed by atoms with Gasteiger partial charge in [-0.3, -0.25) is 9.36 Å². The summed E-state index contributed by atoms with van der Waals surface area (Å²) >= 11 is 5.90. The fourth-order valence-corrected chi connectivity index (χ4v) is 2.99. The molecule has 0 unspecified atom stereocenters. The zero-order valence-electron chi connectivity index (χ0n) is 17.5. The molecule has 1 amide bonds. The van der Waals surface area contributed by atoms with Gasteiger partial charge in [0.25, 0.3) is 5.91 Å². The van der Waals surface area contributed by atoms with Crippen molar-refractivity contribution in [2.45, 2.75) is 19.4 Å². The fourth-order valence-electron chi connectivity index (χ4n) is 2.86. The van der Waals surface area contributed by atoms with Gasteiger partial charge < -0.3 is 15.4 Å². The van der Waals surface area contributed by atoms with Gasteiger partial charge in [0.05, 0.1) is 0 Å². The van der Waals surface area contributed by atoms with Gasteiger partial charge in [-0.1, -0.05) is 11.6 Å². The molecule has 0 spiro atoms. The third-order valence-corrected chi connectivity index (χ3v) is 4.82. The maximum Gasteiger partial charge on any atom is 0.267 e. The van der Waals surface area contributed by atoms with Crippen LogP contribution < -0.4 is 15.4 Å². The SMILES string of the molecule is CC(C)(Oc1ccc(Cl)cc1)C(=O)Nc1ccc(Nc2cc(-n3ccnc3)ncn2)cc1. The van der Waals surface area contributed by atoms with E-state index >= 15 is 0 Å². The summed E-state index contributed by atoms with van der Waals surface area (Å²) < 4.78 is 7.62. The number of anilines is 3. The second-order valence-electron chi connectivity index (χ2n) is 7.45. The molecule has 0 saturated carbocycles. The van der Waals surface area contributed by atoms with E-state index in [0.717, 1.165) is 5.69 Å². The van der Waals surface area contributed by atoms with Crippen LogP contribution in [0.1, 0.15) is 13.8 Å². The molecule has 162 valence electrons.